The number of hydrogen-bond donors (Lipinski definition) is 0. The van der Waals surface area contributed by atoms with Crippen LogP contribution >= 0.6 is 11.6 Å². The van der Waals surface area contributed by atoms with E-state index in [1.165, 1.54) is 6.07 Å². The lowest BCUT2D eigenvalue weighted by Crippen LogP contribution is -2.36. The van der Waals surface area contributed by atoms with E-state index in [1.54, 1.807) is 29.2 Å². The van der Waals surface area contributed by atoms with Gasteiger partial charge < -0.3 is 9.64 Å². The van der Waals surface area contributed by atoms with Gasteiger partial charge in [-0.2, -0.15) is 5.10 Å². The molecule has 2 aromatic heterocycles. The molecule has 0 aliphatic carbocycles. The van der Waals surface area contributed by atoms with Crippen LogP contribution in [0, 0.1) is 12.7 Å². The van der Waals surface area contributed by atoms with Crippen molar-refractivity contribution in [2.75, 3.05) is 31.2 Å². The quantitative estimate of drug-likeness (QED) is 0.455. The summed E-state index contributed by atoms with van der Waals surface area (Å²) in [5.74, 6) is 0.336. The van der Waals surface area contributed by atoms with Crippen molar-refractivity contribution in [1.82, 2.24) is 19.7 Å². The number of benzene rings is 2. The second-order valence-corrected chi connectivity index (χ2v) is 7.68. The first-order valence-electron chi connectivity index (χ1n) is 10.0. The highest BCUT2D eigenvalue weighted by Crippen LogP contribution is 2.35. The number of hydrogen-bond acceptors (Lipinski definition) is 5. The highest BCUT2D eigenvalue weighted by molar-refractivity contribution is 6.30. The Balaban J connectivity index is 0.000000334. The van der Waals surface area contributed by atoms with Crippen LogP contribution in [0.3, 0.4) is 0 Å². The van der Waals surface area contributed by atoms with Crippen LogP contribution in [-0.2, 0) is 11.8 Å². The lowest BCUT2D eigenvalue weighted by Gasteiger charge is -2.29. The van der Waals surface area contributed by atoms with Gasteiger partial charge in [0, 0.05) is 60.4 Å². The van der Waals surface area contributed by atoms with Gasteiger partial charge in [0.2, 0.25) is 0 Å². The van der Waals surface area contributed by atoms with Crippen LogP contribution in [-0.4, -0.2) is 46.1 Å². The monoisotopic (exact) mass is 439 g/mol. The zero-order valence-corrected chi connectivity index (χ0v) is 18.2. The van der Waals surface area contributed by atoms with E-state index in [-0.39, 0.29) is 5.82 Å². The number of ether oxygens (including phenoxy) is 1. The number of nitrogens with zero attached hydrogens (tertiary/aromatic N) is 5. The maximum absolute atomic E-state index is 14.6. The van der Waals surface area contributed by atoms with Crippen molar-refractivity contribution in [2.45, 2.75) is 6.92 Å². The van der Waals surface area contributed by atoms with Crippen LogP contribution in [0.4, 0.5) is 10.1 Å². The Bertz CT molecular complexity index is 1180. The molecule has 0 atom stereocenters. The highest BCUT2D eigenvalue weighted by atomic mass is 35.5. The summed E-state index contributed by atoms with van der Waals surface area (Å²) in [6.07, 6.45) is 5.39. The van der Waals surface area contributed by atoms with Gasteiger partial charge >= 0.3 is 0 Å². The van der Waals surface area contributed by atoms with Gasteiger partial charge in [0.05, 0.1) is 18.7 Å². The van der Waals surface area contributed by atoms with Gasteiger partial charge in [0.1, 0.15) is 11.6 Å². The summed E-state index contributed by atoms with van der Waals surface area (Å²) in [5.41, 5.74) is 3.09. The number of rotatable bonds is 2. The maximum Gasteiger partial charge on any atom is 0.132 e. The van der Waals surface area contributed by atoms with E-state index in [9.17, 15) is 4.39 Å². The molecule has 0 bridgehead atoms. The van der Waals surface area contributed by atoms with E-state index >= 15 is 0 Å². The van der Waals surface area contributed by atoms with Gasteiger partial charge in [-0.05, 0) is 48.9 Å². The molecule has 2 aromatic carbocycles. The van der Waals surface area contributed by atoms with Crippen LogP contribution in [0.5, 0.6) is 0 Å². The van der Waals surface area contributed by atoms with Crippen molar-refractivity contribution in [3.63, 3.8) is 0 Å². The van der Waals surface area contributed by atoms with Gasteiger partial charge in [-0.25, -0.2) is 14.4 Å². The van der Waals surface area contributed by atoms with E-state index in [0.717, 1.165) is 35.2 Å². The SMILES string of the molecule is Cc1ncc2c(-c3ccc(Cl)cc3F)cc(N3CCOCC3)cc2n1.Cn1cccn1. The fourth-order valence-corrected chi connectivity index (χ4v) is 3.65. The summed E-state index contributed by atoms with van der Waals surface area (Å²) in [6.45, 7) is 4.83. The molecule has 6 nitrogen and oxygen atoms in total. The normalized spacial score (nSPS) is 13.7. The molecular weight excluding hydrogens is 417 g/mol. The largest absolute Gasteiger partial charge is 0.378 e. The van der Waals surface area contributed by atoms with Crippen molar-refractivity contribution in [1.29, 1.82) is 0 Å². The Labute approximate surface area is 185 Å². The van der Waals surface area contributed by atoms with Crippen LogP contribution in [0.2, 0.25) is 5.02 Å². The van der Waals surface area contributed by atoms with Gasteiger partial charge in [0.15, 0.2) is 0 Å². The molecule has 31 heavy (non-hydrogen) atoms. The highest BCUT2D eigenvalue weighted by Gasteiger charge is 2.17. The van der Waals surface area contributed by atoms with E-state index in [2.05, 4.69) is 20.0 Å². The molecule has 0 amide bonds. The molecule has 1 saturated heterocycles. The summed E-state index contributed by atoms with van der Waals surface area (Å²) in [7, 11) is 1.89. The molecule has 4 aromatic rings. The standard InChI is InChI=1S/C19H17ClFN3O.C4H6N2/c1-12-22-11-17-16(15-3-2-13(20)8-18(15)21)9-14(10-19(17)23-12)24-4-6-25-7-5-24;1-6-4-2-3-5-6/h2-3,8-11H,4-7H2,1H3;2-4H,1H3. The van der Waals surface area contributed by atoms with Crippen LogP contribution < -0.4 is 4.90 Å². The molecule has 5 rings (SSSR count). The van der Waals surface area contributed by atoms with Crippen molar-refractivity contribution < 1.29 is 9.13 Å². The Kier molecular flexibility index (Phi) is 6.44. The first-order valence-corrected chi connectivity index (χ1v) is 10.4. The summed E-state index contributed by atoms with van der Waals surface area (Å²) >= 11 is 5.91. The minimum Gasteiger partial charge on any atom is -0.378 e. The molecule has 1 aliphatic rings. The molecule has 3 heterocycles. The number of anilines is 1. The Morgan fingerprint density at radius 3 is 2.55 bits per heavy atom. The third kappa shape index (κ3) is 5.00. The zero-order valence-electron chi connectivity index (χ0n) is 17.4. The van der Waals surface area contributed by atoms with Gasteiger partial charge in [0.25, 0.3) is 0 Å². The van der Waals surface area contributed by atoms with Crippen molar-refractivity contribution >= 4 is 28.2 Å². The first-order chi connectivity index (χ1) is 15.0. The summed E-state index contributed by atoms with van der Waals surface area (Å²) in [4.78, 5) is 11.1. The first kappa shape index (κ1) is 21.2. The van der Waals surface area contributed by atoms with Crippen LogP contribution in [0.15, 0.2) is 55.0 Å². The molecule has 0 saturated carbocycles. The average molecular weight is 440 g/mol. The molecule has 160 valence electrons. The third-order valence-corrected chi connectivity index (χ3v) is 5.27. The minimum atomic E-state index is -0.353. The third-order valence-electron chi connectivity index (χ3n) is 5.04. The summed E-state index contributed by atoms with van der Waals surface area (Å²) < 4.78 is 21.7. The van der Waals surface area contributed by atoms with Crippen LogP contribution in [0.1, 0.15) is 5.82 Å². The minimum absolute atomic E-state index is 0.353. The fourth-order valence-electron chi connectivity index (χ4n) is 3.49. The fraction of sp³-hybridized carbons (Fsp3) is 0.261. The lowest BCUT2D eigenvalue weighted by molar-refractivity contribution is 0.122. The molecule has 0 spiro atoms. The number of morpholine rings is 1. The van der Waals surface area contributed by atoms with E-state index in [0.29, 0.717) is 29.6 Å². The van der Waals surface area contributed by atoms with Crippen LogP contribution in [0.25, 0.3) is 22.0 Å². The molecular formula is C23H23ClFN5O. The molecule has 0 N–H and O–H groups in total. The Morgan fingerprint density at radius 2 is 1.90 bits per heavy atom. The van der Waals surface area contributed by atoms with Gasteiger partial charge in [-0.15, -0.1) is 0 Å². The number of aromatic nitrogens is 4. The smallest absolute Gasteiger partial charge is 0.132 e. The molecule has 1 fully saturated rings. The van der Waals surface area contributed by atoms with E-state index < -0.39 is 0 Å². The number of aryl methyl sites for hydroxylation is 2. The summed E-state index contributed by atoms with van der Waals surface area (Å²) in [6, 6.07) is 10.7. The predicted molar refractivity (Wildman–Crippen MR) is 121 cm³/mol. The number of fused-ring (bicyclic) bond motifs is 1. The number of halogens is 2. The van der Waals surface area contributed by atoms with Crippen molar-refractivity contribution in [2.24, 2.45) is 7.05 Å². The average Bonchev–Trinajstić information content (AvgIpc) is 3.25. The second-order valence-electron chi connectivity index (χ2n) is 7.25. The van der Waals surface area contributed by atoms with Crippen molar-refractivity contribution in [3.05, 3.63) is 71.7 Å². The second kappa shape index (κ2) is 9.41. The molecule has 0 unspecified atom stereocenters. The summed E-state index contributed by atoms with van der Waals surface area (Å²) in [5, 5.41) is 5.03. The van der Waals surface area contributed by atoms with E-state index in [4.69, 9.17) is 16.3 Å². The topological polar surface area (TPSA) is 56.1 Å². The lowest BCUT2D eigenvalue weighted by atomic mass is 9.99. The zero-order chi connectivity index (χ0) is 21.8. The van der Waals surface area contributed by atoms with Gasteiger partial charge in [-0.1, -0.05) is 11.6 Å². The van der Waals surface area contributed by atoms with Gasteiger partial charge in [-0.3, -0.25) is 4.68 Å². The predicted octanol–water partition coefficient (Wildman–Crippen LogP) is 4.65. The molecule has 0 radical (unpaired) electrons. The van der Waals surface area contributed by atoms with Crippen molar-refractivity contribution in [3.8, 4) is 11.1 Å². The molecule has 8 heteroatoms. The Hall–Kier alpha value is -3.03. The van der Waals surface area contributed by atoms with E-state index in [1.807, 2.05) is 38.4 Å². The maximum atomic E-state index is 14.6. The molecule has 1 aliphatic heterocycles. The Morgan fingerprint density at radius 1 is 1.10 bits per heavy atom.